The summed E-state index contributed by atoms with van der Waals surface area (Å²) in [4.78, 5) is 5.02. The van der Waals surface area contributed by atoms with Crippen molar-refractivity contribution in [3.8, 4) is 34.0 Å². The maximum Gasteiger partial charge on any atom is 0.227 e. The smallest absolute Gasteiger partial charge is 0.227 e. The van der Waals surface area contributed by atoms with Crippen LogP contribution < -0.4 is 0 Å². The molecule has 0 aliphatic rings. The maximum atomic E-state index is 6.27. The average Bonchev–Trinajstić information content (AvgIpc) is 3.94. The molecule has 4 nitrogen and oxygen atoms in total. The van der Waals surface area contributed by atoms with E-state index in [1.54, 1.807) is 0 Å². The van der Waals surface area contributed by atoms with Crippen LogP contribution in [0.15, 0.2) is 192 Å². The molecule has 3 heterocycles. The first-order valence-electron chi connectivity index (χ1n) is 18.7. The van der Waals surface area contributed by atoms with Crippen LogP contribution >= 0.6 is 0 Å². The lowest BCUT2D eigenvalue weighted by Crippen LogP contribution is -1.94. The Morgan fingerprint density at radius 3 is 1.62 bits per heavy atom. The lowest BCUT2D eigenvalue weighted by atomic mass is 10.00. The van der Waals surface area contributed by atoms with Gasteiger partial charge in [-0.1, -0.05) is 109 Å². The second-order valence-corrected chi connectivity index (χ2v) is 14.4. The SMILES string of the molecule is c1ccc(-c2nc3c(ccc4ccc5cc(-n6c7ccccc7c7cc(-c8ccc9c(c8)c8ccccc8n9-c8ccccc8)ccc76)ccc5c43)o2)cc1. The third kappa shape index (κ3) is 4.49. The molecule has 0 bridgehead atoms. The summed E-state index contributed by atoms with van der Waals surface area (Å²) in [5.74, 6) is 0.639. The minimum absolute atomic E-state index is 0.639. The van der Waals surface area contributed by atoms with Crippen molar-refractivity contribution < 1.29 is 4.42 Å². The summed E-state index contributed by atoms with van der Waals surface area (Å²) in [6.45, 7) is 0. The summed E-state index contributed by atoms with van der Waals surface area (Å²) in [7, 11) is 0. The van der Waals surface area contributed by atoms with Gasteiger partial charge in [-0.05, 0) is 106 Å². The van der Waals surface area contributed by atoms with Gasteiger partial charge >= 0.3 is 0 Å². The van der Waals surface area contributed by atoms with Crippen LogP contribution in [0.5, 0.6) is 0 Å². The van der Waals surface area contributed by atoms with Crippen LogP contribution in [0.3, 0.4) is 0 Å². The summed E-state index contributed by atoms with van der Waals surface area (Å²) in [6.07, 6.45) is 0. The maximum absolute atomic E-state index is 6.27. The molecule has 0 spiro atoms. The molecule has 0 aliphatic carbocycles. The molecule has 55 heavy (non-hydrogen) atoms. The van der Waals surface area contributed by atoms with E-state index < -0.39 is 0 Å². The largest absolute Gasteiger partial charge is 0.436 e. The minimum Gasteiger partial charge on any atom is -0.436 e. The van der Waals surface area contributed by atoms with Gasteiger partial charge in [0.1, 0.15) is 5.52 Å². The van der Waals surface area contributed by atoms with Crippen LogP contribution in [0.4, 0.5) is 0 Å². The number of hydrogen-bond acceptors (Lipinski definition) is 2. The highest BCUT2D eigenvalue weighted by Gasteiger charge is 2.18. The monoisotopic (exact) mass is 701 g/mol. The molecular formula is C51H31N3O. The highest BCUT2D eigenvalue weighted by Crippen LogP contribution is 2.40. The summed E-state index contributed by atoms with van der Waals surface area (Å²) < 4.78 is 11.0. The topological polar surface area (TPSA) is 35.9 Å². The Hall–Kier alpha value is -7.43. The fourth-order valence-electron chi connectivity index (χ4n) is 8.81. The van der Waals surface area contributed by atoms with Crippen LogP contribution in [0.25, 0.3) is 110 Å². The van der Waals surface area contributed by atoms with E-state index in [2.05, 4.69) is 161 Å². The van der Waals surface area contributed by atoms with Crippen LogP contribution in [0.1, 0.15) is 0 Å². The zero-order valence-corrected chi connectivity index (χ0v) is 29.6. The van der Waals surface area contributed by atoms with Crippen molar-refractivity contribution in [1.29, 1.82) is 0 Å². The molecule has 0 fully saturated rings. The van der Waals surface area contributed by atoms with E-state index in [1.807, 2.05) is 36.4 Å². The molecule has 12 rings (SSSR count). The van der Waals surface area contributed by atoms with Gasteiger partial charge < -0.3 is 13.6 Å². The zero-order valence-electron chi connectivity index (χ0n) is 29.6. The van der Waals surface area contributed by atoms with Crippen molar-refractivity contribution in [2.45, 2.75) is 0 Å². The van der Waals surface area contributed by atoms with Gasteiger partial charge in [0, 0.05) is 43.9 Å². The lowest BCUT2D eigenvalue weighted by Gasteiger charge is -2.11. The van der Waals surface area contributed by atoms with Gasteiger partial charge in [-0.15, -0.1) is 0 Å². The summed E-state index contributed by atoms with van der Waals surface area (Å²) >= 11 is 0. The number of nitrogens with zero attached hydrogens (tertiary/aromatic N) is 3. The highest BCUT2D eigenvalue weighted by atomic mass is 16.3. The standard InChI is InChI=1S/C51H31N3O/c1-3-11-33(12-4-1)51-52-50-48(55-51)28-23-32-19-20-36-29-38(24-25-39(36)49(32)50)54-45-18-10-8-16-41(45)43-31-35(22-27-47(43)54)34-21-26-46-42(30-34)40-15-7-9-17-44(40)53(46)37-13-5-2-6-14-37/h1-31H. The Kier molecular flexibility index (Phi) is 6.31. The number of aromatic nitrogens is 3. The molecule has 0 amide bonds. The van der Waals surface area contributed by atoms with Gasteiger partial charge in [0.2, 0.25) is 5.89 Å². The molecule has 4 heteroatoms. The van der Waals surface area contributed by atoms with Crippen LogP contribution in [0, 0.1) is 0 Å². The van der Waals surface area contributed by atoms with E-state index in [0.717, 1.165) is 43.9 Å². The van der Waals surface area contributed by atoms with Crippen LogP contribution in [0.2, 0.25) is 0 Å². The second-order valence-electron chi connectivity index (χ2n) is 14.4. The fourth-order valence-corrected chi connectivity index (χ4v) is 8.81. The number of benzene rings is 9. The van der Waals surface area contributed by atoms with Crippen molar-refractivity contribution in [2.75, 3.05) is 0 Å². The molecule has 0 radical (unpaired) electrons. The molecule has 0 saturated heterocycles. The van der Waals surface area contributed by atoms with E-state index in [4.69, 9.17) is 9.40 Å². The summed E-state index contributed by atoms with van der Waals surface area (Å²) in [6, 6.07) is 67.4. The Bertz CT molecular complexity index is 3480. The van der Waals surface area contributed by atoms with Crippen LogP contribution in [-0.4, -0.2) is 14.1 Å². The molecule has 0 aliphatic heterocycles. The third-order valence-corrected chi connectivity index (χ3v) is 11.3. The van der Waals surface area contributed by atoms with Gasteiger partial charge in [-0.2, -0.15) is 0 Å². The van der Waals surface area contributed by atoms with Gasteiger partial charge in [-0.25, -0.2) is 4.98 Å². The molecule has 3 aromatic heterocycles. The van der Waals surface area contributed by atoms with E-state index in [0.29, 0.717) is 5.89 Å². The van der Waals surface area contributed by atoms with Crippen molar-refractivity contribution in [3.63, 3.8) is 0 Å². The third-order valence-electron chi connectivity index (χ3n) is 11.3. The number of para-hydroxylation sites is 3. The number of rotatable bonds is 4. The van der Waals surface area contributed by atoms with Crippen LogP contribution in [-0.2, 0) is 0 Å². The van der Waals surface area contributed by atoms with Crippen molar-refractivity contribution in [3.05, 3.63) is 188 Å². The second kappa shape index (κ2) is 11.5. The highest BCUT2D eigenvalue weighted by molar-refractivity contribution is 6.19. The van der Waals surface area contributed by atoms with E-state index in [9.17, 15) is 0 Å². The number of oxazole rings is 1. The quantitative estimate of drug-likeness (QED) is 0.171. The first-order chi connectivity index (χ1) is 27.3. The van der Waals surface area contributed by atoms with Gasteiger partial charge in [0.15, 0.2) is 5.58 Å². The van der Waals surface area contributed by atoms with E-state index in [1.165, 1.54) is 60.4 Å². The fraction of sp³-hybridized carbons (Fsp3) is 0. The lowest BCUT2D eigenvalue weighted by molar-refractivity contribution is 0.620. The van der Waals surface area contributed by atoms with Gasteiger partial charge in [0.05, 0.1) is 22.1 Å². The van der Waals surface area contributed by atoms with Gasteiger partial charge in [-0.3, -0.25) is 0 Å². The number of hydrogen-bond donors (Lipinski definition) is 0. The Balaban J connectivity index is 1.01. The Morgan fingerprint density at radius 1 is 0.364 bits per heavy atom. The van der Waals surface area contributed by atoms with Crippen molar-refractivity contribution in [1.82, 2.24) is 14.1 Å². The normalized spacial score (nSPS) is 12.0. The molecule has 256 valence electrons. The molecule has 12 aromatic rings. The average molecular weight is 702 g/mol. The molecule has 0 atom stereocenters. The molecule has 0 N–H and O–H groups in total. The summed E-state index contributed by atoms with van der Waals surface area (Å²) in [5, 5.41) is 9.55. The van der Waals surface area contributed by atoms with E-state index >= 15 is 0 Å². The Morgan fingerprint density at radius 2 is 0.927 bits per heavy atom. The minimum atomic E-state index is 0.639. The first-order valence-corrected chi connectivity index (χ1v) is 18.7. The predicted molar refractivity (Wildman–Crippen MR) is 229 cm³/mol. The zero-order chi connectivity index (χ0) is 36.0. The molecule has 0 unspecified atom stereocenters. The predicted octanol–water partition coefficient (Wildman–Crippen LogP) is 13.7. The molecule has 9 aromatic carbocycles. The molecule has 0 saturated carbocycles. The van der Waals surface area contributed by atoms with Crippen molar-refractivity contribution in [2.24, 2.45) is 0 Å². The van der Waals surface area contributed by atoms with Gasteiger partial charge in [0.25, 0.3) is 0 Å². The van der Waals surface area contributed by atoms with E-state index in [-0.39, 0.29) is 0 Å². The number of fused-ring (bicyclic) bond motifs is 11. The Labute approximate surface area is 315 Å². The molecular weight excluding hydrogens is 671 g/mol. The van der Waals surface area contributed by atoms with Crippen molar-refractivity contribution >= 4 is 76.3 Å². The first kappa shape index (κ1) is 30.1. The summed E-state index contributed by atoms with van der Waals surface area (Å²) in [5.41, 5.74) is 12.1.